The Morgan fingerprint density at radius 3 is 2.81 bits per heavy atom. The van der Waals surface area contributed by atoms with Crippen LogP contribution >= 0.6 is 0 Å². The van der Waals surface area contributed by atoms with Gasteiger partial charge >= 0.3 is 0 Å². The van der Waals surface area contributed by atoms with Gasteiger partial charge in [-0.1, -0.05) is 0 Å². The number of hydrogen-bond donors (Lipinski definition) is 2. The van der Waals surface area contributed by atoms with Crippen molar-refractivity contribution in [1.29, 1.82) is 0 Å². The van der Waals surface area contributed by atoms with Gasteiger partial charge in [0.15, 0.2) is 0 Å². The molecule has 21 heavy (non-hydrogen) atoms. The van der Waals surface area contributed by atoms with E-state index in [0.29, 0.717) is 5.69 Å². The molecule has 0 amide bonds. The summed E-state index contributed by atoms with van der Waals surface area (Å²) >= 11 is 0. The third-order valence-electron chi connectivity index (χ3n) is 3.43. The van der Waals surface area contributed by atoms with Gasteiger partial charge in [-0.15, -0.1) is 0 Å². The summed E-state index contributed by atoms with van der Waals surface area (Å²) in [5.74, 6) is 0.0684. The molecule has 1 atom stereocenters. The van der Waals surface area contributed by atoms with Crippen LogP contribution in [0.5, 0.6) is 0 Å². The first-order chi connectivity index (χ1) is 10.00. The van der Waals surface area contributed by atoms with Gasteiger partial charge in [0.2, 0.25) is 10.0 Å². The molecule has 1 aliphatic heterocycles. The van der Waals surface area contributed by atoms with Crippen LogP contribution in [0, 0.1) is 6.92 Å². The molecule has 5 nitrogen and oxygen atoms in total. The highest BCUT2D eigenvalue weighted by molar-refractivity contribution is 7.92. The summed E-state index contributed by atoms with van der Waals surface area (Å²) < 4.78 is 31.3. The van der Waals surface area contributed by atoms with Crippen LogP contribution in [0.15, 0.2) is 30.5 Å². The Balaban J connectivity index is 1.97. The zero-order valence-electron chi connectivity index (χ0n) is 12.4. The van der Waals surface area contributed by atoms with Crippen molar-refractivity contribution in [2.75, 3.05) is 22.3 Å². The summed E-state index contributed by atoms with van der Waals surface area (Å²) in [7, 11) is -3.24. The summed E-state index contributed by atoms with van der Waals surface area (Å²) in [6.07, 6.45) is 6.02. The summed E-state index contributed by atoms with van der Waals surface area (Å²) in [5, 5.41) is 3.32. The smallest absolute Gasteiger partial charge is 0.232 e. The van der Waals surface area contributed by atoms with Gasteiger partial charge in [0.25, 0.3) is 0 Å². The molecule has 2 N–H and O–H groups in total. The Kier molecular flexibility index (Phi) is 5.12. The number of aryl methyl sites for hydroxylation is 1. The fourth-order valence-electron chi connectivity index (χ4n) is 2.09. The summed E-state index contributed by atoms with van der Waals surface area (Å²) in [5.41, 5.74) is 2.48. The second-order valence-electron chi connectivity index (χ2n) is 5.12. The molecule has 1 heterocycles. The van der Waals surface area contributed by atoms with E-state index in [-0.39, 0.29) is 11.9 Å². The van der Waals surface area contributed by atoms with Crippen molar-refractivity contribution in [1.82, 2.24) is 0 Å². The Morgan fingerprint density at radius 1 is 1.38 bits per heavy atom. The average molecular weight is 310 g/mol. The zero-order valence-corrected chi connectivity index (χ0v) is 13.2. The topological polar surface area (TPSA) is 67.4 Å². The minimum atomic E-state index is -3.24. The molecule has 0 radical (unpaired) electrons. The standard InChI is InChI=1S/C15H22N2O3S/c1-3-21(18,19)17-15-8-7-13(10-12(15)2)16-11-14-6-4-5-9-20-14/h5,7-10,14,16-17H,3-4,6,11H2,1-2H3/t14-/m1/s1. The van der Waals surface area contributed by atoms with Gasteiger partial charge in [-0.25, -0.2) is 8.42 Å². The van der Waals surface area contributed by atoms with Crippen molar-refractivity contribution >= 4 is 21.4 Å². The number of hydrogen-bond acceptors (Lipinski definition) is 4. The lowest BCUT2D eigenvalue weighted by Crippen LogP contribution is -2.23. The Bertz CT molecular complexity index is 611. The van der Waals surface area contributed by atoms with E-state index in [4.69, 9.17) is 4.74 Å². The van der Waals surface area contributed by atoms with Crippen molar-refractivity contribution in [2.45, 2.75) is 32.8 Å². The van der Waals surface area contributed by atoms with Gasteiger partial charge in [0, 0.05) is 5.69 Å². The fraction of sp³-hybridized carbons (Fsp3) is 0.467. The molecule has 0 unspecified atom stereocenters. The normalized spacial score (nSPS) is 18.1. The molecule has 0 aromatic heterocycles. The number of ether oxygens (including phenoxy) is 1. The molecule has 0 fully saturated rings. The van der Waals surface area contributed by atoms with Crippen molar-refractivity contribution in [3.05, 3.63) is 36.1 Å². The number of nitrogens with one attached hydrogen (secondary N) is 2. The summed E-state index contributed by atoms with van der Waals surface area (Å²) in [4.78, 5) is 0. The summed E-state index contributed by atoms with van der Waals surface area (Å²) in [6.45, 7) is 4.24. The first kappa shape index (κ1) is 15.7. The summed E-state index contributed by atoms with van der Waals surface area (Å²) in [6, 6.07) is 5.60. The van der Waals surface area contributed by atoms with Crippen molar-refractivity contribution in [3.63, 3.8) is 0 Å². The number of rotatable bonds is 6. The Morgan fingerprint density at radius 2 is 2.19 bits per heavy atom. The predicted molar refractivity (Wildman–Crippen MR) is 86.0 cm³/mol. The molecule has 0 spiro atoms. The number of benzene rings is 1. The first-order valence-electron chi connectivity index (χ1n) is 7.15. The van der Waals surface area contributed by atoms with Crippen molar-refractivity contribution in [2.24, 2.45) is 0 Å². The quantitative estimate of drug-likeness (QED) is 0.848. The minimum absolute atomic E-state index is 0.0684. The molecular weight excluding hydrogens is 288 g/mol. The number of allylic oxidation sites excluding steroid dienone is 1. The van der Waals surface area contributed by atoms with Crippen LogP contribution in [-0.4, -0.2) is 26.8 Å². The molecule has 2 rings (SSSR count). The maximum atomic E-state index is 11.6. The lowest BCUT2D eigenvalue weighted by molar-refractivity contribution is 0.135. The number of sulfonamides is 1. The van der Waals surface area contributed by atoms with Crippen LogP contribution in [0.25, 0.3) is 0 Å². The monoisotopic (exact) mass is 310 g/mol. The van der Waals surface area contributed by atoms with Gasteiger partial charge < -0.3 is 10.1 Å². The predicted octanol–water partition coefficient (Wildman–Crippen LogP) is 2.86. The van der Waals surface area contributed by atoms with E-state index < -0.39 is 10.0 Å². The van der Waals surface area contributed by atoms with E-state index in [1.165, 1.54) is 0 Å². The van der Waals surface area contributed by atoms with E-state index in [2.05, 4.69) is 10.0 Å². The maximum absolute atomic E-state index is 11.6. The van der Waals surface area contributed by atoms with E-state index in [1.807, 2.05) is 25.1 Å². The highest BCUT2D eigenvalue weighted by Crippen LogP contribution is 2.21. The molecule has 1 aromatic rings. The van der Waals surface area contributed by atoms with Gasteiger partial charge in [-0.2, -0.15) is 0 Å². The fourth-order valence-corrected chi connectivity index (χ4v) is 2.80. The average Bonchev–Trinajstić information content (AvgIpc) is 2.49. The van der Waals surface area contributed by atoms with Crippen LogP contribution in [0.3, 0.4) is 0 Å². The SMILES string of the molecule is CCS(=O)(=O)Nc1ccc(NC[C@H]2CCC=CO2)cc1C. The molecule has 0 saturated heterocycles. The molecule has 6 heteroatoms. The number of anilines is 2. The Hall–Kier alpha value is -1.69. The van der Waals surface area contributed by atoms with Crippen molar-refractivity contribution < 1.29 is 13.2 Å². The van der Waals surface area contributed by atoms with Gasteiger partial charge in [-0.3, -0.25) is 4.72 Å². The first-order valence-corrected chi connectivity index (χ1v) is 8.81. The minimum Gasteiger partial charge on any atom is -0.497 e. The molecule has 1 aliphatic rings. The van der Waals surface area contributed by atoms with Gasteiger partial charge in [0.1, 0.15) is 6.10 Å². The molecule has 1 aromatic carbocycles. The molecular formula is C15H22N2O3S. The molecule has 0 saturated carbocycles. The van der Waals surface area contributed by atoms with Crippen molar-refractivity contribution in [3.8, 4) is 0 Å². The lowest BCUT2D eigenvalue weighted by Gasteiger charge is -2.20. The van der Waals surface area contributed by atoms with Gasteiger partial charge in [-0.05, 0) is 56.5 Å². The van der Waals surface area contributed by atoms with Gasteiger partial charge in [0.05, 0.1) is 24.2 Å². The third-order valence-corrected chi connectivity index (χ3v) is 4.72. The van der Waals surface area contributed by atoms with Crippen LogP contribution in [-0.2, 0) is 14.8 Å². The highest BCUT2D eigenvalue weighted by Gasteiger charge is 2.12. The van der Waals surface area contributed by atoms with E-state index in [9.17, 15) is 8.42 Å². The van der Waals surface area contributed by atoms with Crippen LogP contribution in [0.4, 0.5) is 11.4 Å². The maximum Gasteiger partial charge on any atom is 0.232 e. The van der Waals surface area contributed by atoms with Crippen LogP contribution in [0.1, 0.15) is 25.3 Å². The zero-order chi connectivity index (χ0) is 15.3. The lowest BCUT2D eigenvalue weighted by atomic mass is 10.1. The largest absolute Gasteiger partial charge is 0.497 e. The molecule has 0 aliphatic carbocycles. The second kappa shape index (κ2) is 6.85. The highest BCUT2D eigenvalue weighted by atomic mass is 32.2. The van der Waals surface area contributed by atoms with Crippen LogP contribution < -0.4 is 10.0 Å². The molecule has 116 valence electrons. The van der Waals surface area contributed by atoms with E-state index in [1.54, 1.807) is 19.3 Å². The second-order valence-corrected chi connectivity index (χ2v) is 7.13. The molecule has 0 bridgehead atoms. The van der Waals surface area contributed by atoms with E-state index in [0.717, 1.165) is 30.6 Å². The van der Waals surface area contributed by atoms with Crippen LogP contribution in [0.2, 0.25) is 0 Å². The third kappa shape index (κ3) is 4.67. The van der Waals surface area contributed by atoms with E-state index >= 15 is 0 Å². The Labute approximate surface area is 126 Å².